The van der Waals surface area contributed by atoms with Crippen LogP contribution in [0.25, 0.3) is 0 Å². The summed E-state index contributed by atoms with van der Waals surface area (Å²) in [6.07, 6.45) is 8.65. The second-order valence-corrected chi connectivity index (χ2v) is 5.75. The maximum absolute atomic E-state index is 4.23. The molecular weight excluding hydrogens is 186 g/mol. The highest BCUT2D eigenvalue weighted by Gasteiger charge is 2.30. The van der Waals surface area contributed by atoms with Gasteiger partial charge in [-0.1, -0.05) is 20.8 Å². The van der Waals surface area contributed by atoms with Crippen LogP contribution in [0.2, 0.25) is 0 Å². The number of aromatic nitrogens is 3. The molecule has 0 spiro atoms. The standard InChI is InChI=1S/C12H21N3/c1-12(2,3)10-4-6-11(7-5-10)15-9-13-8-14-15/h8-11H,4-7H2,1-3H3/t10-,11+. The summed E-state index contributed by atoms with van der Waals surface area (Å²) in [7, 11) is 0. The van der Waals surface area contributed by atoms with E-state index in [1.54, 1.807) is 6.33 Å². The van der Waals surface area contributed by atoms with Crippen LogP contribution < -0.4 is 0 Å². The monoisotopic (exact) mass is 207 g/mol. The first-order chi connectivity index (χ1) is 7.07. The average Bonchev–Trinajstić information content (AvgIpc) is 2.69. The molecule has 84 valence electrons. The van der Waals surface area contributed by atoms with Crippen molar-refractivity contribution in [2.24, 2.45) is 11.3 Å². The molecule has 1 aromatic rings. The molecule has 3 nitrogen and oxygen atoms in total. The predicted molar refractivity (Wildman–Crippen MR) is 60.5 cm³/mol. The quantitative estimate of drug-likeness (QED) is 0.708. The van der Waals surface area contributed by atoms with Crippen molar-refractivity contribution in [1.29, 1.82) is 0 Å². The second kappa shape index (κ2) is 3.95. The zero-order valence-electron chi connectivity index (χ0n) is 9.98. The number of rotatable bonds is 1. The van der Waals surface area contributed by atoms with E-state index in [0.717, 1.165) is 5.92 Å². The van der Waals surface area contributed by atoms with Gasteiger partial charge in [-0.2, -0.15) is 5.10 Å². The highest BCUT2D eigenvalue weighted by molar-refractivity contribution is 4.82. The third-order valence-electron chi connectivity index (χ3n) is 3.73. The Bertz CT molecular complexity index is 289. The van der Waals surface area contributed by atoms with Gasteiger partial charge >= 0.3 is 0 Å². The fourth-order valence-corrected chi connectivity index (χ4v) is 2.61. The number of nitrogens with zero attached hydrogens (tertiary/aromatic N) is 3. The first kappa shape index (κ1) is 10.7. The minimum Gasteiger partial charge on any atom is -0.250 e. The van der Waals surface area contributed by atoms with E-state index >= 15 is 0 Å². The summed E-state index contributed by atoms with van der Waals surface area (Å²) in [5, 5.41) is 4.23. The largest absolute Gasteiger partial charge is 0.250 e. The smallest absolute Gasteiger partial charge is 0.137 e. The van der Waals surface area contributed by atoms with E-state index in [1.807, 2.05) is 11.0 Å². The summed E-state index contributed by atoms with van der Waals surface area (Å²) in [5.41, 5.74) is 0.466. The van der Waals surface area contributed by atoms with Crippen molar-refractivity contribution in [3.8, 4) is 0 Å². The molecular formula is C12H21N3. The highest BCUT2D eigenvalue weighted by Crippen LogP contribution is 2.40. The first-order valence-electron chi connectivity index (χ1n) is 5.91. The lowest BCUT2D eigenvalue weighted by Gasteiger charge is -2.36. The van der Waals surface area contributed by atoms with Crippen LogP contribution in [0.4, 0.5) is 0 Å². The van der Waals surface area contributed by atoms with E-state index in [4.69, 9.17) is 0 Å². The van der Waals surface area contributed by atoms with Gasteiger partial charge in [-0.05, 0) is 37.0 Å². The Labute approximate surface area is 91.9 Å². The Kier molecular flexibility index (Phi) is 2.81. The molecule has 3 heteroatoms. The van der Waals surface area contributed by atoms with Crippen LogP contribution in [-0.2, 0) is 0 Å². The van der Waals surface area contributed by atoms with Crippen molar-refractivity contribution < 1.29 is 0 Å². The van der Waals surface area contributed by atoms with E-state index in [1.165, 1.54) is 25.7 Å². The molecule has 0 aliphatic heterocycles. The molecule has 0 amide bonds. The predicted octanol–water partition coefficient (Wildman–Crippen LogP) is 3.06. The van der Waals surface area contributed by atoms with Gasteiger partial charge in [-0.25, -0.2) is 9.67 Å². The van der Waals surface area contributed by atoms with E-state index < -0.39 is 0 Å². The van der Waals surface area contributed by atoms with E-state index in [2.05, 4.69) is 30.9 Å². The Morgan fingerprint density at radius 1 is 1.13 bits per heavy atom. The zero-order chi connectivity index (χ0) is 10.9. The summed E-state index contributed by atoms with van der Waals surface area (Å²) in [5.74, 6) is 0.872. The van der Waals surface area contributed by atoms with Crippen LogP contribution in [0, 0.1) is 11.3 Å². The molecule has 0 N–H and O–H groups in total. The molecule has 0 unspecified atom stereocenters. The van der Waals surface area contributed by atoms with Crippen LogP contribution in [-0.4, -0.2) is 14.8 Å². The van der Waals surface area contributed by atoms with Gasteiger partial charge in [0.1, 0.15) is 12.7 Å². The van der Waals surface area contributed by atoms with Crippen LogP contribution in [0.15, 0.2) is 12.7 Å². The minimum atomic E-state index is 0.466. The average molecular weight is 207 g/mol. The third kappa shape index (κ3) is 2.39. The highest BCUT2D eigenvalue weighted by atomic mass is 15.3. The normalized spacial score (nSPS) is 27.9. The van der Waals surface area contributed by atoms with Crippen molar-refractivity contribution >= 4 is 0 Å². The third-order valence-corrected chi connectivity index (χ3v) is 3.73. The molecule has 0 bridgehead atoms. The molecule has 15 heavy (non-hydrogen) atoms. The first-order valence-corrected chi connectivity index (χ1v) is 5.91. The van der Waals surface area contributed by atoms with Gasteiger partial charge in [0.15, 0.2) is 0 Å². The lowest BCUT2D eigenvalue weighted by molar-refractivity contribution is 0.147. The maximum Gasteiger partial charge on any atom is 0.137 e. The Balaban J connectivity index is 1.93. The Morgan fingerprint density at radius 2 is 1.80 bits per heavy atom. The summed E-state index contributed by atoms with van der Waals surface area (Å²) in [6.45, 7) is 7.06. The van der Waals surface area contributed by atoms with Crippen molar-refractivity contribution in [2.75, 3.05) is 0 Å². The second-order valence-electron chi connectivity index (χ2n) is 5.75. The number of hydrogen-bond donors (Lipinski definition) is 0. The van der Waals surface area contributed by atoms with Crippen molar-refractivity contribution in [2.45, 2.75) is 52.5 Å². The molecule has 1 aliphatic rings. The molecule has 1 fully saturated rings. The van der Waals surface area contributed by atoms with Gasteiger partial charge < -0.3 is 0 Å². The molecule has 0 aromatic carbocycles. The molecule has 2 rings (SSSR count). The molecule has 0 radical (unpaired) electrons. The Morgan fingerprint density at radius 3 is 2.27 bits per heavy atom. The molecule has 1 aromatic heterocycles. The molecule has 1 aliphatic carbocycles. The van der Waals surface area contributed by atoms with Gasteiger partial charge in [-0.3, -0.25) is 0 Å². The van der Waals surface area contributed by atoms with E-state index in [0.29, 0.717) is 11.5 Å². The summed E-state index contributed by atoms with van der Waals surface area (Å²) in [4.78, 5) is 4.02. The van der Waals surface area contributed by atoms with Gasteiger partial charge in [0.05, 0.1) is 6.04 Å². The topological polar surface area (TPSA) is 30.7 Å². The number of hydrogen-bond acceptors (Lipinski definition) is 2. The molecule has 0 atom stereocenters. The SMILES string of the molecule is CC(C)(C)[C@H]1CC[C@@H](n2cncn2)CC1. The Hall–Kier alpha value is -0.860. The van der Waals surface area contributed by atoms with E-state index in [9.17, 15) is 0 Å². The maximum atomic E-state index is 4.23. The molecule has 1 saturated carbocycles. The summed E-state index contributed by atoms with van der Waals surface area (Å²) >= 11 is 0. The van der Waals surface area contributed by atoms with Crippen LogP contribution in [0.5, 0.6) is 0 Å². The molecule has 0 saturated heterocycles. The van der Waals surface area contributed by atoms with Crippen molar-refractivity contribution in [1.82, 2.24) is 14.8 Å². The van der Waals surface area contributed by atoms with Gasteiger partial charge in [0.2, 0.25) is 0 Å². The van der Waals surface area contributed by atoms with Crippen LogP contribution >= 0.6 is 0 Å². The van der Waals surface area contributed by atoms with Crippen LogP contribution in [0.3, 0.4) is 0 Å². The minimum absolute atomic E-state index is 0.466. The van der Waals surface area contributed by atoms with Gasteiger partial charge in [-0.15, -0.1) is 0 Å². The lowest BCUT2D eigenvalue weighted by atomic mass is 9.71. The molecule has 1 heterocycles. The zero-order valence-corrected chi connectivity index (χ0v) is 9.98. The fourth-order valence-electron chi connectivity index (χ4n) is 2.61. The van der Waals surface area contributed by atoms with Crippen molar-refractivity contribution in [3.63, 3.8) is 0 Å². The fraction of sp³-hybridized carbons (Fsp3) is 0.833. The van der Waals surface area contributed by atoms with E-state index in [-0.39, 0.29) is 0 Å². The van der Waals surface area contributed by atoms with Gasteiger partial charge in [0, 0.05) is 0 Å². The van der Waals surface area contributed by atoms with Gasteiger partial charge in [0.25, 0.3) is 0 Å². The summed E-state index contributed by atoms with van der Waals surface area (Å²) < 4.78 is 2.03. The lowest BCUT2D eigenvalue weighted by Crippen LogP contribution is -2.27. The van der Waals surface area contributed by atoms with Crippen LogP contribution in [0.1, 0.15) is 52.5 Å². The van der Waals surface area contributed by atoms with Crippen molar-refractivity contribution in [3.05, 3.63) is 12.7 Å². The summed E-state index contributed by atoms with van der Waals surface area (Å²) in [6, 6.07) is 0.589.